The molecule has 0 spiro atoms. The summed E-state index contributed by atoms with van der Waals surface area (Å²) in [6.45, 7) is 29.5. The number of benzene rings is 2. The highest BCUT2D eigenvalue weighted by Crippen LogP contribution is 2.33. The summed E-state index contributed by atoms with van der Waals surface area (Å²) in [5, 5.41) is 16.5. The summed E-state index contributed by atoms with van der Waals surface area (Å²) < 4.78 is 22.4. The molecule has 89 heavy (non-hydrogen) atoms. The first-order valence-electron chi connectivity index (χ1n) is 31.2. The molecular formula is C67H101N8O13S+. The summed E-state index contributed by atoms with van der Waals surface area (Å²) in [7, 11) is 3.74. The van der Waals surface area contributed by atoms with Crippen LogP contribution in [0.5, 0.6) is 0 Å². The molecule has 4 rings (SSSR count). The smallest absolute Gasteiger partial charge is 0.408 e. The zero-order chi connectivity index (χ0) is 66.6. The maximum absolute atomic E-state index is 15.0. The van der Waals surface area contributed by atoms with Crippen molar-refractivity contribution in [2.45, 2.75) is 215 Å². The number of esters is 3. The average Bonchev–Trinajstić information content (AvgIpc) is 3.20. The Kier molecular flexibility index (Phi) is 28.5. The number of hydrogen-bond donors (Lipinski definition) is 5. The monoisotopic (exact) mass is 1260 g/mol. The number of thiazole rings is 1. The van der Waals surface area contributed by atoms with E-state index in [-0.39, 0.29) is 61.1 Å². The lowest BCUT2D eigenvalue weighted by molar-refractivity contribution is -0.942. The Morgan fingerprint density at radius 2 is 1.45 bits per heavy atom. The van der Waals surface area contributed by atoms with Crippen molar-refractivity contribution in [3.8, 4) is 0 Å². The normalized spacial score (nSPS) is 17.8. The Hall–Kier alpha value is -7.20. The van der Waals surface area contributed by atoms with Gasteiger partial charge in [0.25, 0.3) is 11.8 Å². The van der Waals surface area contributed by atoms with E-state index >= 15 is 0 Å². The average molecular weight is 1260 g/mol. The van der Waals surface area contributed by atoms with E-state index in [1.807, 2.05) is 77.2 Å². The van der Waals surface area contributed by atoms with Gasteiger partial charge in [-0.15, -0.1) is 11.3 Å². The molecule has 1 aliphatic heterocycles. The minimum atomic E-state index is -1.19. The van der Waals surface area contributed by atoms with Crippen LogP contribution in [0.4, 0.5) is 10.5 Å². The van der Waals surface area contributed by atoms with E-state index in [9.17, 15) is 43.2 Å². The fraction of sp³-hybridized carbons (Fsp3) is 0.612. The van der Waals surface area contributed by atoms with E-state index in [4.69, 9.17) is 18.9 Å². The van der Waals surface area contributed by atoms with Crippen molar-refractivity contribution in [3.63, 3.8) is 0 Å². The molecule has 2 aromatic carbocycles. The highest BCUT2D eigenvalue weighted by molar-refractivity contribution is 7.09. The number of hydrogen-bond acceptors (Lipinski definition) is 15. The second kappa shape index (κ2) is 34.1. The number of amides is 6. The molecule has 0 radical (unpaired) electrons. The summed E-state index contributed by atoms with van der Waals surface area (Å²) in [6.07, 6.45) is 3.25. The fourth-order valence-electron chi connectivity index (χ4n) is 10.9. The van der Waals surface area contributed by atoms with E-state index in [0.717, 1.165) is 35.3 Å². The molecule has 0 bridgehead atoms. The quantitative estimate of drug-likeness (QED) is 0.0174. The van der Waals surface area contributed by atoms with Crippen molar-refractivity contribution < 1.29 is 66.6 Å². The molecule has 1 aromatic heterocycles. The van der Waals surface area contributed by atoms with Gasteiger partial charge in [0, 0.05) is 61.9 Å². The number of nitrogens with one attached hydrogen (secondary N) is 5. The van der Waals surface area contributed by atoms with Gasteiger partial charge in [0.2, 0.25) is 17.7 Å². The van der Waals surface area contributed by atoms with Crippen LogP contribution in [0, 0.1) is 23.7 Å². The summed E-state index contributed by atoms with van der Waals surface area (Å²) in [5.41, 5.74) is 0.793. The summed E-state index contributed by atoms with van der Waals surface area (Å²) in [5.74, 6) is -5.10. The third kappa shape index (κ3) is 24.3. The summed E-state index contributed by atoms with van der Waals surface area (Å²) >= 11 is 1.16. The fourth-order valence-corrected chi connectivity index (χ4v) is 11.7. The predicted molar refractivity (Wildman–Crippen MR) is 343 cm³/mol. The molecule has 21 nitrogen and oxygen atoms in total. The van der Waals surface area contributed by atoms with Crippen molar-refractivity contribution in [2.24, 2.45) is 23.7 Å². The molecule has 10 atom stereocenters. The zero-order valence-corrected chi connectivity index (χ0v) is 56.3. The molecule has 5 N–H and O–H groups in total. The van der Waals surface area contributed by atoms with Crippen LogP contribution in [0.2, 0.25) is 0 Å². The topological polar surface area (TPSA) is 267 Å². The third-order valence-corrected chi connectivity index (χ3v) is 16.7. The van der Waals surface area contributed by atoms with Gasteiger partial charge in [0.1, 0.15) is 53.2 Å². The predicted octanol–water partition coefficient (Wildman–Crippen LogP) is 9.54. The van der Waals surface area contributed by atoms with Gasteiger partial charge in [-0.1, -0.05) is 110 Å². The van der Waals surface area contributed by atoms with E-state index in [1.54, 1.807) is 91.8 Å². The van der Waals surface area contributed by atoms with Crippen LogP contribution in [0.25, 0.3) is 0 Å². The molecule has 0 aliphatic carbocycles. The van der Waals surface area contributed by atoms with Crippen molar-refractivity contribution in [3.05, 3.63) is 94.5 Å². The number of anilines is 1. The molecule has 1 fully saturated rings. The van der Waals surface area contributed by atoms with Crippen molar-refractivity contribution in [2.75, 3.05) is 32.6 Å². The Labute approximate surface area is 531 Å². The first-order valence-corrected chi connectivity index (χ1v) is 32.1. The van der Waals surface area contributed by atoms with Gasteiger partial charge in [0.05, 0.1) is 19.5 Å². The van der Waals surface area contributed by atoms with E-state index in [0.29, 0.717) is 54.0 Å². The van der Waals surface area contributed by atoms with E-state index in [1.165, 1.54) is 13.0 Å². The van der Waals surface area contributed by atoms with Gasteiger partial charge >= 0.3 is 24.0 Å². The minimum absolute atomic E-state index is 0.0759. The number of piperidine rings is 1. The number of alkyl carbamates (subject to hydrolysis) is 1. The highest BCUT2D eigenvalue weighted by atomic mass is 32.1. The molecule has 3 aromatic rings. The lowest BCUT2D eigenvalue weighted by Crippen LogP contribution is -2.63. The standard InChI is InChI=1S/C67H100N8O13S/c1-18-35-85-64(83)44(8)36-49(37-46-25-21-20-22-26-46)69-59(79)51-40-89-62(71-51)54(86-45(9)76)38-52(41(3)4)74(16)63(82)57(43(7)19-2)72-60(80)53-27-23-24-34-75(53,17)39-47-28-30-48(31-29-47)68-58(78)50(32-33-55(77)87-66(10,11)12)70-61(81)56(42(5)6)73-65(84)88-67(13,14)15/h18,20-22,25-26,28-31,40-44,49-50,52-54,56-57H,1,19,23-24,27,32-39H2,2-17H3,(H4-,68,69,70,72,73,78,79,80,81,84)/p+1/t43-,44-,49+,50?,52+,53+,54+,56?,57-,75?/m0/s1. The van der Waals surface area contributed by atoms with Crippen LogP contribution >= 0.6 is 11.3 Å². The van der Waals surface area contributed by atoms with E-state index < -0.39 is 101 Å². The van der Waals surface area contributed by atoms with Crippen LogP contribution in [0.3, 0.4) is 0 Å². The first kappa shape index (κ1) is 74.3. The maximum atomic E-state index is 15.0. The Morgan fingerprint density at radius 3 is 2.03 bits per heavy atom. The van der Waals surface area contributed by atoms with Gasteiger partial charge in [-0.25, -0.2) is 9.78 Å². The van der Waals surface area contributed by atoms with Crippen LogP contribution in [-0.4, -0.2) is 143 Å². The second-order valence-electron chi connectivity index (χ2n) is 26.6. The largest absolute Gasteiger partial charge is 0.461 e. The first-order chi connectivity index (χ1) is 41.6. The lowest BCUT2D eigenvalue weighted by Gasteiger charge is -2.44. The molecule has 22 heteroatoms. The molecule has 2 heterocycles. The number of carbonyl (C=O) groups is 9. The van der Waals surface area contributed by atoms with Crippen LogP contribution in [-0.2, 0) is 65.5 Å². The number of likely N-dealkylation sites (N-methyl/N-ethyl adjacent to an activating group) is 2. The molecule has 3 unspecified atom stereocenters. The zero-order valence-electron chi connectivity index (χ0n) is 55.5. The molecule has 492 valence electrons. The molecule has 1 aliphatic rings. The number of nitrogens with zero attached hydrogens (tertiary/aromatic N) is 3. The Bertz CT molecular complexity index is 2870. The van der Waals surface area contributed by atoms with Crippen LogP contribution in [0.1, 0.15) is 181 Å². The highest BCUT2D eigenvalue weighted by Gasteiger charge is 2.44. The summed E-state index contributed by atoms with van der Waals surface area (Å²) in [6, 6.07) is 12.2. The van der Waals surface area contributed by atoms with Gasteiger partial charge in [-0.2, -0.15) is 0 Å². The van der Waals surface area contributed by atoms with E-state index in [2.05, 4.69) is 38.1 Å². The number of rotatable bonds is 31. The molecular weight excluding hydrogens is 1160 g/mol. The number of likely N-dealkylation sites (tertiary alicyclic amines) is 1. The van der Waals surface area contributed by atoms with Gasteiger partial charge in [-0.05, 0) is 109 Å². The maximum Gasteiger partial charge on any atom is 0.408 e. The van der Waals surface area contributed by atoms with Gasteiger partial charge in [0.15, 0.2) is 12.1 Å². The SMILES string of the molecule is C=CCOC(=O)[C@@H](C)C[C@H](Cc1ccccc1)NC(=O)c1csc([C@@H](C[C@H](C(C)C)N(C)C(=O)[C@@H](NC(=O)[C@H]2CCCC[N+]2(C)Cc2ccc(NC(=O)C(CCC(=O)OC(C)(C)C)NC(=O)C(NC(=O)OC(C)(C)C)C(C)C)cc2)[C@@H](C)CC)OC(C)=O)n1. The number of aromatic nitrogens is 1. The Morgan fingerprint density at radius 1 is 0.798 bits per heavy atom. The molecule has 1 saturated heterocycles. The number of quaternary nitrogens is 1. The Balaban J connectivity index is 1.51. The lowest BCUT2D eigenvalue weighted by atomic mass is 9.92. The van der Waals surface area contributed by atoms with Crippen molar-refractivity contribution >= 4 is 70.6 Å². The minimum Gasteiger partial charge on any atom is -0.461 e. The van der Waals surface area contributed by atoms with Gasteiger partial charge < -0.3 is 54.9 Å². The molecule has 0 saturated carbocycles. The van der Waals surface area contributed by atoms with Crippen molar-refractivity contribution in [1.82, 2.24) is 31.2 Å². The summed E-state index contributed by atoms with van der Waals surface area (Å²) in [4.78, 5) is 129. The molecule has 6 amide bonds. The van der Waals surface area contributed by atoms with Gasteiger partial charge in [-0.3, -0.25) is 38.4 Å². The van der Waals surface area contributed by atoms with Crippen LogP contribution < -0.4 is 26.6 Å². The van der Waals surface area contributed by atoms with Crippen LogP contribution in [0.15, 0.2) is 72.6 Å². The number of ether oxygens (including phenoxy) is 4. The second-order valence-corrected chi connectivity index (χ2v) is 27.5. The number of carbonyl (C=O) groups excluding carboxylic acids is 9. The van der Waals surface area contributed by atoms with Crippen molar-refractivity contribution in [1.29, 1.82) is 0 Å². The third-order valence-electron chi connectivity index (χ3n) is 15.8.